The minimum atomic E-state index is -0.759. The second-order valence-electron chi connectivity index (χ2n) is 6.15. The van der Waals surface area contributed by atoms with Crippen molar-refractivity contribution in [3.8, 4) is 0 Å². The molecule has 26 heavy (non-hydrogen) atoms. The van der Waals surface area contributed by atoms with Crippen molar-refractivity contribution in [2.75, 3.05) is 13.7 Å². The van der Waals surface area contributed by atoms with Gasteiger partial charge in [-0.1, -0.05) is 38.5 Å². The van der Waals surface area contributed by atoms with Crippen LogP contribution >= 0.6 is 0 Å². The first kappa shape index (κ1) is 19.5. The summed E-state index contributed by atoms with van der Waals surface area (Å²) in [7, 11) is 1.27. The molecule has 2 atom stereocenters. The van der Waals surface area contributed by atoms with E-state index in [9.17, 15) is 14.4 Å². The van der Waals surface area contributed by atoms with Gasteiger partial charge in [0.25, 0.3) is 5.91 Å². The van der Waals surface area contributed by atoms with Crippen molar-refractivity contribution in [1.82, 2.24) is 10.3 Å². The lowest BCUT2D eigenvalue weighted by Crippen LogP contribution is -2.47. The third-order valence-electron chi connectivity index (χ3n) is 4.36. The number of carbonyl (C=O) groups excluding carboxylic acids is 3. The van der Waals surface area contributed by atoms with Crippen molar-refractivity contribution < 1.29 is 23.9 Å². The van der Waals surface area contributed by atoms with Crippen LogP contribution in [-0.2, 0) is 30.3 Å². The van der Waals surface area contributed by atoms with Crippen LogP contribution in [0.3, 0.4) is 0 Å². The smallest absolute Gasteiger partial charge is 0.328 e. The third kappa shape index (κ3) is 4.84. The Morgan fingerprint density at radius 2 is 1.96 bits per heavy atom. The molecule has 1 heterocycles. The van der Waals surface area contributed by atoms with Crippen molar-refractivity contribution in [3.05, 3.63) is 36.0 Å². The average Bonchev–Trinajstić information content (AvgIpc) is 3.06. The minimum Gasteiger partial charge on any atom is -0.467 e. The fraction of sp³-hybridized carbons (Fsp3) is 0.421. The van der Waals surface area contributed by atoms with E-state index in [1.54, 1.807) is 6.20 Å². The van der Waals surface area contributed by atoms with Crippen LogP contribution in [0.5, 0.6) is 0 Å². The Hall–Kier alpha value is -2.83. The van der Waals surface area contributed by atoms with E-state index in [1.165, 1.54) is 7.11 Å². The SMILES string of the molecule is CC[C@@H](C)[C@H](NC(=O)COC(=O)Cc1c[nH]c2ccccc12)C(=O)OC. The second kappa shape index (κ2) is 9.03. The van der Waals surface area contributed by atoms with Crippen LogP contribution in [0.25, 0.3) is 10.9 Å². The molecule has 2 aromatic rings. The molecular weight excluding hydrogens is 336 g/mol. The van der Waals surface area contributed by atoms with Gasteiger partial charge in [-0.2, -0.15) is 0 Å². The number of H-pyrrole nitrogens is 1. The number of hydrogen-bond acceptors (Lipinski definition) is 5. The molecule has 1 aromatic heterocycles. The molecule has 140 valence electrons. The number of carbonyl (C=O) groups is 3. The summed E-state index contributed by atoms with van der Waals surface area (Å²) >= 11 is 0. The summed E-state index contributed by atoms with van der Waals surface area (Å²) in [5.41, 5.74) is 1.74. The highest BCUT2D eigenvalue weighted by Crippen LogP contribution is 2.18. The van der Waals surface area contributed by atoms with Crippen molar-refractivity contribution >= 4 is 28.7 Å². The highest BCUT2D eigenvalue weighted by Gasteiger charge is 2.27. The number of hydrogen-bond donors (Lipinski definition) is 2. The molecule has 7 nitrogen and oxygen atoms in total. The number of nitrogens with one attached hydrogen (secondary N) is 2. The van der Waals surface area contributed by atoms with Crippen LogP contribution in [0.15, 0.2) is 30.5 Å². The second-order valence-corrected chi connectivity index (χ2v) is 6.15. The number of methoxy groups -OCH3 is 1. The molecule has 0 aliphatic carbocycles. The van der Waals surface area contributed by atoms with Gasteiger partial charge in [-0.25, -0.2) is 4.79 Å². The Morgan fingerprint density at radius 1 is 1.23 bits per heavy atom. The molecular formula is C19H24N2O5. The van der Waals surface area contributed by atoms with E-state index >= 15 is 0 Å². The van der Waals surface area contributed by atoms with Gasteiger partial charge in [0.05, 0.1) is 13.5 Å². The molecule has 0 aliphatic rings. The van der Waals surface area contributed by atoms with Gasteiger partial charge < -0.3 is 19.8 Å². The summed E-state index contributed by atoms with van der Waals surface area (Å²) in [6, 6.07) is 6.86. The highest BCUT2D eigenvalue weighted by atomic mass is 16.5. The van der Waals surface area contributed by atoms with Crippen LogP contribution in [0.2, 0.25) is 0 Å². The zero-order valence-electron chi connectivity index (χ0n) is 15.2. The van der Waals surface area contributed by atoms with Gasteiger partial charge in [0.2, 0.25) is 0 Å². The topological polar surface area (TPSA) is 97.5 Å². The molecule has 0 saturated heterocycles. The van der Waals surface area contributed by atoms with Gasteiger partial charge >= 0.3 is 11.9 Å². The number of amides is 1. The Kier molecular flexibility index (Phi) is 6.77. The summed E-state index contributed by atoms with van der Waals surface area (Å²) in [4.78, 5) is 38.9. The number of para-hydroxylation sites is 1. The largest absolute Gasteiger partial charge is 0.467 e. The molecule has 2 rings (SSSR count). The van der Waals surface area contributed by atoms with Gasteiger partial charge in [0.15, 0.2) is 6.61 Å². The van der Waals surface area contributed by atoms with Crippen LogP contribution in [0.4, 0.5) is 0 Å². The number of aromatic nitrogens is 1. The first-order valence-electron chi connectivity index (χ1n) is 8.54. The lowest BCUT2D eigenvalue weighted by molar-refractivity contribution is -0.150. The lowest BCUT2D eigenvalue weighted by Gasteiger charge is -2.21. The minimum absolute atomic E-state index is 0.0586. The number of benzene rings is 1. The van der Waals surface area contributed by atoms with Gasteiger partial charge in [-0.15, -0.1) is 0 Å². The fourth-order valence-electron chi connectivity index (χ4n) is 2.64. The van der Waals surface area contributed by atoms with Crippen LogP contribution in [0, 0.1) is 5.92 Å². The van der Waals surface area contributed by atoms with E-state index in [0.29, 0.717) is 6.42 Å². The molecule has 0 aliphatic heterocycles. The van der Waals surface area contributed by atoms with E-state index in [1.807, 2.05) is 38.1 Å². The molecule has 0 radical (unpaired) electrons. The molecule has 0 saturated carbocycles. The molecule has 0 unspecified atom stereocenters. The Bertz CT molecular complexity index is 783. The highest BCUT2D eigenvalue weighted by molar-refractivity contribution is 5.89. The maximum absolute atomic E-state index is 12.0. The molecule has 0 spiro atoms. The normalized spacial score (nSPS) is 13.0. The van der Waals surface area contributed by atoms with Gasteiger partial charge in [-0.3, -0.25) is 9.59 Å². The van der Waals surface area contributed by atoms with Crippen LogP contribution in [0.1, 0.15) is 25.8 Å². The quantitative estimate of drug-likeness (QED) is 0.701. The number of ether oxygens (including phenoxy) is 2. The number of fused-ring (bicyclic) bond motifs is 1. The van der Waals surface area contributed by atoms with E-state index in [-0.39, 0.29) is 12.3 Å². The molecule has 1 aromatic carbocycles. The third-order valence-corrected chi connectivity index (χ3v) is 4.36. The molecule has 2 N–H and O–H groups in total. The van der Waals surface area contributed by atoms with Crippen molar-refractivity contribution in [2.45, 2.75) is 32.7 Å². The van der Waals surface area contributed by atoms with Crippen molar-refractivity contribution in [3.63, 3.8) is 0 Å². The monoisotopic (exact) mass is 360 g/mol. The maximum Gasteiger partial charge on any atom is 0.328 e. The lowest BCUT2D eigenvalue weighted by atomic mass is 9.99. The molecule has 7 heteroatoms. The number of esters is 2. The summed E-state index contributed by atoms with van der Waals surface area (Å²) in [6.45, 7) is 3.31. The zero-order chi connectivity index (χ0) is 19.1. The van der Waals surface area contributed by atoms with E-state index in [4.69, 9.17) is 9.47 Å². The van der Waals surface area contributed by atoms with Gasteiger partial charge in [0, 0.05) is 17.1 Å². The standard InChI is InChI=1S/C19H24N2O5/c1-4-12(2)18(19(24)25-3)21-16(22)11-26-17(23)9-13-10-20-15-8-6-5-7-14(13)15/h5-8,10,12,18,20H,4,9,11H2,1-3H3,(H,21,22)/t12-,18+/m1/s1. The van der Waals surface area contributed by atoms with Gasteiger partial charge in [-0.05, 0) is 17.5 Å². The maximum atomic E-state index is 12.0. The first-order valence-corrected chi connectivity index (χ1v) is 8.54. The van der Waals surface area contributed by atoms with Crippen LogP contribution < -0.4 is 5.32 Å². The van der Waals surface area contributed by atoms with E-state index in [2.05, 4.69) is 10.3 Å². The Balaban J connectivity index is 1.88. The molecule has 0 bridgehead atoms. The first-order chi connectivity index (χ1) is 12.5. The van der Waals surface area contributed by atoms with Gasteiger partial charge in [0.1, 0.15) is 6.04 Å². The number of rotatable bonds is 8. The van der Waals surface area contributed by atoms with E-state index in [0.717, 1.165) is 16.5 Å². The van der Waals surface area contributed by atoms with Crippen LogP contribution in [-0.4, -0.2) is 42.6 Å². The average molecular weight is 360 g/mol. The van der Waals surface area contributed by atoms with Crippen molar-refractivity contribution in [1.29, 1.82) is 0 Å². The predicted octanol–water partition coefficient (Wildman–Crippen LogP) is 1.96. The van der Waals surface area contributed by atoms with Crippen molar-refractivity contribution in [2.24, 2.45) is 5.92 Å². The zero-order valence-corrected chi connectivity index (χ0v) is 15.2. The number of aromatic amines is 1. The predicted molar refractivity (Wildman–Crippen MR) is 96.4 cm³/mol. The Morgan fingerprint density at radius 3 is 2.65 bits per heavy atom. The summed E-state index contributed by atoms with van der Waals surface area (Å²) < 4.78 is 9.74. The summed E-state index contributed by atoms with van der Waals surface area (Å²) in [6.07, 6.45) is 2.51. The summed E-state index contributed by atoms with van der Waals surface area (Å²) in [5.74, 6) is -1.65. The Labute approximate surface area is 152 Å². The fourth-order valence-corrected chi connectivity index (χ4v) is 2.64. The molecule has 0 fully saturated rings. The summed E-state index contributed by atoms with van der Waals surface area (Å²) in [5, 5.41) is 3.51. The van der Waals surface area contributed by atoms with E-state index < -0.39 is 30.5 Å². The molecule has 1 amide bonds.